The summed E-state index contributed by atoms with van der Waals surface area (Å²) >= 11 is 1.32. The number of halogens is 1. The van der Waals surface area contributed by atoms with Crippen LogP contribution in [-0.2, 0) is 11.3 Å². The second-order valence-corrected chi connectivity index (χ2v) is 7.81. The third-order valence-corrected chi connectivity index (χ3v) is 6.09. The van der Waals surface area contributed by atoms with Gasteiger partial charge >= 0.3 is 0 Å². The van der Waals surface area contributed by atoms with Gasteiger partial charge in [0.25, 0.3) is 5.56 Å². The van der Waals surface area contributed by atoms with Crippen molar-refractivity contribution in [2.75, 3.05) is 25.0 Å². The highest BCUT2D eigenvalue weighted by Gasteiger charge is 2.26. The Morgan fingerprint density at radius 2 is 2.14 bits per heavy atom. The van der Waals surface area contributed by atoms with Gasteiger partial charge in [0.2, 0.25) is 5.91 Å². The summed E-state index contributed by atoms with van der Waals surface area (Å²) in [5.41, 5.74) is 0.941. The molecule has 9 heteroatoms. The van der Waals surface area contributed by atoms with Crippen LogP contribution in [0.15, 0.2) is 35.4 Å². The second-order valence-electron chi connectivity index (χ2n) is 6.83. The lowest BCUT2D eigenvalue weighted by Crippen LogP contribution is -2.39. The molecular weight excluding hydrogens is 381 g/mol. The van der Waals surface area contributed by atoms with Gasteiger partial charge in [-0.15, -0.1) is 0 Å². The summed E-state index contributed by atoms with van der Waals surface area (Å²) in [7, 11) is 1.66. The van der Waals surface area contributed by atoms with E-state index >= 15 is 0 Å². The maximum atomic E-state index is 13.4. The zero-order chi connectivity index (χ0) is 19.7. The number of nitrogens with one attached hydrogen (secondary N) is 1. The highest BCUT2D eigenvalue weighted by Crippen LogP contribution is 2.29. The van der Waals surface area contributed by atoms with Crippen molar-refractivity contribution >= 4 is 32.7 Å². The van der Waals surface area contributed by atoms with Gasteiger partial charge < -0.3 is 10.2 Å². The van der Waals surface area contributed by atoms with E-state index in [9.17, 15) is 14.0 Å². The van der Waals surface area contributed by atoms with Crippen LogP contribution in [0.2, 0.25) is 0 Å². The lowest BCUT2D eigenvalue weighted by atomic mass is 9.96. The van der Waals surface area contributed by atoms with Crippen molar-refractivity contribution in [1.82, 2.24) is 19.9 Å². The Balaban J connectivity index is 1.56. The maximum absolute atomic E-state index is 13.4. The maximum Gasteiger partial charge on any atom is 0.273 e. The fraction of sp³-hybridized carbons (Fsp3) is 0.368. The number of carbonyl (C=O) groups excluding carboxylic acids is 1. The van der Waals surface area contributed by atoms with Crippen molar-refractivity contribution in [1.29, 1.82) is 0 Å². The molecule has 4 rings (SSSR count). The molecular formula is C19H20FN5O2S. The van der Waals surface area contributed by atoms with E-state index in [0.29, 0.717) is 15.9 Å². The topological polar surface area (TPSA) is 80.1 Å². The van der Waals surface area contributed by atoms with Crippen LogP contribution >= 0.6 is 11.3 Å². The summed E-state index contributed by atoms with van der Waals surface area (Å²) in [6.07, 6.45) is 2.97. The van der Waals surface area contributed by atoms with Gasteiger partial charge in [0, 0.05) is 26.1 Å². The fourth-order valence-corrected chi connectivity index (χ4v) is 4.47. The molecule has 0 atom stereocenters. The number of carbonyl (C=O) groups is 1. The quantitative estimate of drug-likeness (QED) is 0.723. The Morgan fingerprint density at radius 3 is 2.86 bits per heavy atom. The van der Waals surface area contributed by atoms with Crippen LogP contribution < -0.4 is 15.8 Å². The zero-order valence-corrected chi connectivity index (χ0v) is 16.2. The van der Waals surface area contributed by atoms with Crippen LogP contribution in [0.3, 0.4) is 0 Å². The summed E-state index contributed by atoms with van der Waals surface area (Å²) < 4.78 is 15.3. The van der Waals surface area contributed by atoms with Gasteiger partial charge in [0.05, 0.1) is 6.54 Å². The molecule has 1 aromatic carbocycles. The number of piperidine rings is 1. The first-order valence-corrected chi connectivity index (χ1v) is 9.94. The molecule has 3 aromatic rings. The van der Waals surface area contributed by atoms with Crippen LogP contribution in [0.4, 0.5) is 9.52 Å². The van der Waals surface area contributed by atoms with Gasteiger partial charge in [-0.1, -0.05) is 23.5 Å². The van der Waals surface area contributed by atoms with Crippen molar-refractivity contribution < 1.29 is 9.18 Å². The first kappa shape index (κ1) is 18.5. The molecule has 1 amide bonds. The van der Waals surface area contributed by atoms with Crippen molar-refractivity contribution in [2.45, 2.75) is 19.4 Å². The van der Waals surface area contributed by atoms with Gasteiger partial charge in [-0.2, -0.15) is 4.98 Å². The third-order valence-electron chi connectivity index (χ3n) is 5.00. The van der Waals surface area contributed by atoms with Gasteiger partial charge in [-0.25, -0.2) is 9.37 Å². The minimum absolute atomic E-state index is 0.0252. The Bertz CT molecular complexity index is 1070. The van der Waals surface area contributed by atoms with E-state index in [0.717, 1.165) is 31.1 Å². The summed E-state index contributed by atoms with van der Waals surface area (Å²) in [5, 5.41) is 3.45. The molecule has 28 heavy (non-hydrogen) atoms. The number of thiazole rings is 1. The monoisotopic (exact) mass is 401 g/mol. The van der Waals surface area contributed by atoms with E-state index in [1.54, 1.807) is 19.2 Å². The summed E-state index contributed by atoms with van der Waals surface area (Å²) in [4.78, 5) is 35.5. The molecule has 0 bridgehead atoms. The Hall–Kier alpha value is -2.81. The lowest BCUT2D eigenvalue weighted by Gasteiger charge is -2.30. The number of aromatic nitrogens is 3. The smallest absolute Gasteiger partial charge is 0.273 e. The molecule has 3 heterocycles. The number of fused-ring (bicyclic) bond motifs is 1. The molecule has 1 fully saturated rings. The average molecular weight is 401 g/mol. The molecule has 1 saturated heterocycles. The van der Waals surface area contributed by atoms with E-state index in [4.69, 9.17) is 0 Å². The highest BCUT2D eigenvalue weighted by molar-refractivity contribution is 7.22. The van der Waals surface area contributed by atoms with E-state index in [1.165, 1.54) is 34.4 Å². The molecule has 7 nitrogen and oxygen atoms in total. The van der Waals surface area contributed by atoms with Crippen molar-refractivity contribution in [2.24, 2.45) is 5.92 Å². The average Bonchev–Trinajstić information content (AvgIpc) is 3.15. The molecule has 2 aromatic heterocycles. The second kappa shape index (κ2) is 7.67. The van der Waals surface area contributed by atoms with Gasteiger partial charge in [0.15, 0.2) is 10.8 Å². The number of rotatable bonds is 4. The molecule has 0 aliphatic carbocycles. The molecule has 0 unspecified atom stereocenters. The number of benzene rings is 1. The van der Waals surface area contributed by atoms with E-state index in [2.05, 4.69) is 20.2 Å². The number of amides is 1. The van der Waals surface area contributed by atoms with Crippen LogP contribution in [0.5, 0.6) is 0 Å². The van der Waals surface area contributed by atoms with E-state index in [1.807, 2.05) is 0 Å². The van der Waals surface area contributed by atoms with Crippen LogP contribution in [0.25, 0.3) is 10.3 Å². The largest absolute Gasteiger partial charge is 0.359 e. The SMILES string of the molecule is CNC(=O)C1CCN(c2nc3ncn(Cc4cccc(F)c4)c(=O)c3s2)CC1. The molecule has 1 aliphatic rings. The molecule has 1 aliphatic heterocycles. The summed E-state index contributed by atoms with van der Waals surface area (Å²) in [6.45, 7) is 1.69. The molecule has 0 radical (unpaired) electrons. The number of hydrogen-bond acceptors (Lipinski definition) is 6. The third kappa shape index (κ3) is 3.62. The normalized spacial score (nSPS) is 15.1. The predicted octanol–water partition coefficient (Wildman–Crippen LogP) is 2.00. The minimum atomic E-state index is -0.333. The molecule has 1 N–H and O–H groups in total. The number of anilines is 1. The van der Waals surface area contributed by atoms with E-state index in [-0.39, 0.29) is 29.7 Å². The first-order valence-electron chi connectivity index (χ1n) is 9.12. The standard InChI is InChI=1S/C19H20FN5O2S/c1-21-17(26)13-5-7-24(8-6-13)19-23-16-15(28-19)18(27)25(11-22-16)10-12-3-2-4-14(20)9-12/h2-4,9,11,13H,5-8,10H2,1H3,(H,21,26). The van der Waals surface area contributed by atoms with Crippen LogP contribution in [-0.4, -0.2) is 40.6 Å². The van der Waals surface area contributed by atoms with Gasteiger partial charge in [-0.3, -0.25) is 14.2 Å². The van der Waals surface area contributed by atoms with Gasteiger partial charge in [0.1, 0.15) is 16.8 Å². The number of nitrogens with zero attached hydrogens (tertiary/aromatic N) is 4. The summed E-state index contributed by atoms with van der Waals surface area (Å²) in [6, 6.07) is 6.17. The summed E-state index contributed by atoms with van der Waals surface area (Å²) in [5.74, 6) is -0.233. The van der Waals surface area contributed by atoms with Crippen molar-refractivity contribution in [3.63, 3.8) is 0 Å². The van der Waals surface area contributed by atoms with Crippen LogP contribution in [0, 0.1) is 11.7 Å². The fourth-order valence-electron chi connectivity index (χ4n) is 3.45. The van der Waals surface area contributed by atoms with Crippen molar-refractivity contribution in [3.8, 4) is 0 Å². The predicted molar refractivity (Wildman–Crippen MR) is 106 cm³/mol. The highest BCUT2D eigenvalue weighted by atomic mass is 32.1. The first-order chi connectivity index (χ1) is 13.5. The van der Waals surface area contributed by atoms with E-state index < -0.39 is 0 Å². The Labute approximate surface area is 164 Å². The number of hydrogen-bond donors (Lipinski definition) is 1. The molecule has 146 valence electrons. The minimum Gasteiger partial charge on any atom is -0.359 e. The molecule has 0 spiro atoms. The molecule has 0 saturated carbocycles. The zero-order valence-electron chi connectivity index (χ0n) is 15.4. The van der Waals surface area contributed by atoms with Crippen LogP contribution in [0.1, 0.15) is 18.4 Å². The Kier molecular flexibility index (Phi) is 5.08. The Morgan fingerprint density at radius 1 is 1.36 bits per heavy atom. The lowest BCUT2D eigenvalue weighted by molar-refractivity contribution is -0.125. The van der Waals surface area contributed by atoms with Gasteiger partial charge in [-0.05, 0) is 30.5 Å². The van der Waals surface area contributed by atoms with Crippen molar-refractivity contribution in [3.05, 3.63) is 52.3 Å².